The lowest BCUT2D eigenvalue weighted by Gasteiger charge is -2.09. The Balaban J connectivity index is 1.38. The van der Waals surface area contributed by atoms with Gasteiger partial charge in [-0.1, -0.05) is 0 Å². The normalized spacial score (nSPS) is 11.9. The molecule has 6 aromatic rings. The van der Waals surface area contributed by atoms with Crippen LogP contribution in [0.4, 0.5) is 8.78 Å². The summed E-state index contributed by atoms with van der Waals surface area (Å²) in [6.07, 6.45) is 6.08. The third-order valence-electron chi connectivity index (χ3n) is 6.09. The fraction of sp³-hybridized carbons (Fsp3) is 0.200. The molecule has 0 atom stereocenters. The van der Waals surface area contributed by atoms with Crippen LogP contribution in [0, 0.1) is 11.6 Å². The van der Waals surface area contributed by atoms with Gasteiger partial charge in [0.2, 0.25) is 0 Å². The predicted molar refractivity (Wildman–Crippen MR) is 124 cm³/mol. The van der Waals surface area contributed by atoms with Crippen molar-refractivity contribution in [3.63, 3.8) is 0 Å². The minimum absolute atomic E-state index is 0.302. The summed E-state index contributed by atoms with van der Waals surface area (Å²) in [6, 6.07) is 11.3. The maximum absolute atomic E-state index is 14.0. The van der Waals surface area contributed by atoms with Gasteiger partial charge in [-0.3, -0.25) is 4.68 Å². The van der Waals surface area contributed by atoms with Gasteiger partial charge in [-0.25, -0.2) is 13.8 Å². The smallest absolute Gasteiger partial charge is 0.167 e. The number of ether oxygens (including phenoxy) is 1. The molecular weight excluding hydrogens is 424 g/mol. The van der Waals surface area contributed by atoms with Crippen molar-refractivity contribution >= 4 is 43.6 Å². The molecule has 0 bridgehead atoms. The van der Waals surface area contributed by atoms with Crippen LogP contribution in [0.3, 0.4) is 0 Å². The molecule has 6 rings (SSSR count). The number of unbranched alkanes of at least 4 members (excludes halogenated alkanes) is 2. The van der Waals surface area contributed by atoms with E-state index in [0.29, 0.717) is 12.4 Å². The first kappa shape index (κ1) is 19.7. The van der Waals surface area contributed by atoms with E-state index in [1.54, 1.807) is 18.5 Å². The van der Waals surface area contributed by atoms with Crippen molar-refractivity contribution in [1.29, 1.82) is 0 Å². The average Bonchev–Trinajstić information content (AvgIpc) is 3.53. The highest BCUT2D eigenvalue weighted by Crippen LogP contribution is 2.41. The highest BCUT2D eigenvalue weighted by molar-refractivity contribution is 6.20. The van der Waals surface area contributed by atoms with Crippen molar-refractivity contribution in [2.45, 2.75) is 25.8 Å². The highest BCUT2D eigenvalue weighted by atomic mass is 19.1. The minimum atomic E-state index is -0.302. The van der Waals surface area contributed by atoms with E-state index in [2.05, 4.69) is 20.1 Å². The Bertz CT molecular complexity index is 1510. The van der Waals surface area contributed by atoms with Gasteiger partial charge < -0.3 is 14.7 Å². The largest absolute Gasteiger partial charge is 0.489 e. The van der Waals surface area contributed by atoms with Crippen LogP contribution >= 0.6 is 0 Å². The molecule has 0 fully saturated rings. The van der Waals surface area contributed by atoms with Crippen LogP contribution in [-0.2, 0) is 6.54 Å². The van der Waals surface area contributed by atoms with Crippen molar-refractivity contribution in [1.82, 2.24) is 24.7 Å². The van der Waals surface area contributed by atoms with E-state index in [-0.39, 0.29) is 11.6 Å². The van der Waals surface area contributed by atoms with Gasteiger partial charge in [-0.15, -0.1) is 0 Å². The third-order valence-corrected chi connectivity index (χ3v) is 6.09. The topological polar surface area (TPSA) is 71.5 Å². The van der Waals surface area contributed by atoms with Gasteiger partial charge in [-0.2, -0.15) is 5.10 Å². The second kappa shape index (κ2) is 7.88. The molecule has 0 amide bonds. The number of halogens is 2. The van der Waals surface area contributed by atoms with E-state index >= 15 is 0 Å². The van der Waals surface area contributed by atoms with Gasteiger partial charge in [0.05, 0.1) is 17.6 Å². The van der Waals surface area contributed by atoms with Crippen LogP contribution in [-0.4, -0.2) is 31.3 Å². The van der Waals surface area contributed by atoms with Crippen molar-refractivity contribution in [3.8, 4) is 5.75 Å². The second-order valence-electron chi connectivity index (χ2n) is 8.25. The molecule has 0 unspecified atom stereocenters. The van der Waals surface area contributed by atoms with Crippen LogP contribution in [0.1, 0.15) is 19.3 Å². The van der Waals surface area contributed by atoms with E-state index in [1.807, 2.05) is 10.7 Å². The maximum atomic E-state index is 14.0. The molecule has 166 valence electrons. The summed E-state index contributed by atoms with van der Waals surface area (Å²) in [5.41, 5.74) is 3.26. The van der Waals surface area contributed by atoms with Crippen LogP contribution < -0.4 is 4.74 Å². The van der Waals surface area contributed by atoms with Gasteiger partial charge in [0.25, 0.3) is 0 Å². The first-order valence-corrected chi connectivity index (χ1v) is 11.0. The standard InChI is InChI=1S/C25H21F2N5O/c26-15-4-6-21-17(10-15)19-12-20-18-11-16(27)5-7-22(18)31-24(20)25(23(19)30-21)33-9-3-1-2-8-32-14-28-13-29-32/h4-7,10-14,30-31H,1-3,8-9H2. The lowest BCUT2D eigenvalue weighted by Crippen LogP contribution is -2.02. The van der Waals surface area contributed by atoms with Crippen molar-refractivity contribution in [3.05, 3.63) is 66.8 Å². The zero-order valence-corrected chi connectivity index (χ0v) is 17.7. The SMILES string of the molecule is Fc1ccc2[nH]c3c(OCCCCCn4cncn4)c4[nH]c5ccc(F)cc5c4cc3c2c1. The highest BCUT2D eigenvalue weighted by Gasteiger charge is 2.18. The molecule has 3 aromatic carbocycles. The number of aromatic nitrogens is 5. The Morgan fingerprint density at radius 2 is 1.45 bits per heavy atom. The van der Waals surface area contributed by atoms with Crippen molar-refractivity contribution in [2.75, 3.05) is 6.61 Å². The van der Waals surface area contributed by atoms with Crippen LogP contribution in [0.2, 0.25) is 0 Å². The molecule has 0 aliphatic carbocycles. The summed E-state index contributed by atoms with van der Waals surface area (Å²) in [6.45, 7) is 1.35. The molecule has 8 heteroatoms. The van der Waals surface area contributed by atoms with Crippen LogP contribution in [0.25, 0.3) is 43.6 Å². The summed E-state index contributed by atoms with van der Waals surface area (Å²) >= 11 is 0. The lowest BCUT2D eigenvalue weighted by molar-refractivity contribution is 0.309. The minimum Gasteiger partial charge on any atom is -0.489 e. The van der Waals surface area contributed by atoms with Crippen molar-refractivity contribution < 1.29 is 13.5 Å². The van der Waals surface area contributed by atoms with Gasteiger partial charge in [0.1, 0.15) is 24.3 Å². The number of nitrogens with zero attached hydrogens (tertiary/aromatic N) is 3. The third kappa shape index (κ3) is 3.47. The molecule has 2 N–H and O–H groups in total. The number of hydrogen-bond donors (Lipinski definition) is 2. The van der Waals surface area contributed by atoms with Gasteiger partial charge >= 0.3 is 0 Å². The van der Waals surface area contributed by atoms with E-state index in [9.17, 15) is 8.78 Å². The van der Waals surface area contributed by atoms with E-state index in [4.69, 9.17) is 4.74 Å². The number of fused-ring (bicyclic) bond motifs is 6. The Morgan fingerprint density at radius 3 is 2.06 bits per heavy atom. The number of rotatable bonds is 7. The zero-order chi connectivity index (χ0) is 22.4. The first-order valence-electron chi connectivity index (χ1n) is 11.0. The van der Waals surface area contributed by atoms with Crippen molar-refractivity contribution in [2.24, 2.45) is 0 Å². The van der Waals surface area contributed by atoms with E-state index in [0.717, 1.165) is 69.4 Å². The molecule has 0 aliphatic rings. The Kier molecular flexibility index (Phi) is 4.71. The molecule has 33 heavy (non-hydrogen) atoms. The molecule has 0 spiro atoms. The van der Waals surface area contributed by atoms with Gasteiger partial charge in [0, 0.05) is 39.1 Å². The molecule has 0 radical (unpaired) electrons. The fourth-order valence-corrected chi connectivity index (χ4v) is 4.52. The molecular formula is C25H21F2N5O. The number of aryl methyl sites for hydroxylation is 1. The lowest BCUT2D eigenvalue weighted by atomic mass is 10.1. The number of nitrogens with one attached hydrogen (secondary N) is 2. The molecule has 0 aliphatic heterocycles. The maximum Gasteiger partial charge on any atom is 0.167 e. The number of hydrogen-bond acceptors (Lipinski definition) is 3. The molecule has 0 saturated carbocycles. The average molecular weight is 445 g/mol. The van der Waals surface area contributed by atoms with E-state index in [1.165, 1.54) is 30.6 Å². The summed E-state index contributed by atoms with van der Waals surface area (Å²) in [4.78, 5) is 10.7. The summed E-state index contributed by atoms with van der Waals surface area (Å²) < 4.78 is 36.2. The summed E-state index contributed by atoms with van der Waals surface area (Å²) in [5, 5.41) is 7.36. The quantitative estimate of drug-likeness (QED) is 0.293. The Labute approximate surface area is 187 Å². The molecule has 6 nitrogen and oxygen atoms in total. The molecule has 3 aromatic heterocycles. The van der Waals surface area contributed by atoms with Crippen LogP contribution in [0.15, 0.2) is 55.1 Å². The number of benzene rings is 3. The Morgan fingerprint density at radius 1 is 0.788 bits per heavy atom. The van der Waals surface area contributed by atoms with Crippen LogP contribution in [0.5, 0.6) is 5.75 Å². The summed E-state index contributed by atoms with van der Waals surface area (Å²) in [7, 11) is 0. The molecule has 0 saturated heterocycles. The first-order chi connectivity index (χ1) is 16.2. The monoisotopic (exact) mass is 445 g/mol. The van der Waals surface area contributed by atoms with E-state index < -0.39 is 0 Å². The predicted octanol–water partition coefficient (Wildman–Crippen LogP) is 6.07. The number of aromatic amines is 2. The second-order valence-corrected chi connectivity index (χ2v) is 8.25. The zero-order valence-electron chi connectivity index (χ0n) is 17.7. The fourth-order valence-electron chi connectivity index (χ4n) is 4.52. The number of H-pyrrole nitrogens is 2. The Hall–Kier alpha value is -3.94. The summed E-state index contributed by atoms with van der Waals surface area (Å²) in [5.74, 6) is 0.0682. The van der Waals surface area contributed by atoms with Gasteiger partial charge in [-0.05, 0) is 61.7 Å². The molecule has 3 heterocycles. The van der Waals surface area contributed by atoms with Gasteiger partial charge in [0.15, 0.2) is 5.75 Å².